The van der Waals surface area contributed by atoms with Gasteiger partial charge in [0.25, 0.3) is 0 Å². The molecule has 3 heteroatoms. The highest BCUT2D eigenvalue weighted by Crippen LogP contribution is 2.33. The second-order valence-corrected chi connectivity index (χ2v) is 6.38. The van der Waals surface area contributed by atoms with Gasteiger partial charge in [-0.15, -0.1) is 0 Å². The molecule has 0 spiro atoms. The lowest BCUT2D eigenvalue weighted by Gasteiger charge is -2.21. The van der Waals surface area contributed by atoms with Crippen molar-refractivity contribution >= 4 is 23.2 Å². The first-order valence-corrected chi connectivity index (χ1v) is 8.24. The summed E-state index contributed by atoms with van der Waals surface area (Å²) in [5, 5.41) is 5.01. The number of hydrogen-bond acceptors (Lipinski definition) is 1. The minimum Gasteiger partial charge on any atom is -0.306 e. The molecule has 1 nitrogen and oxygen atoms in total. The minimum absolute atomic E-state index is 0.0899. The Hall–Kier alpha value is -1.02. The van der Waals surface area contributed by atoms with E-state index in [-0.39, 0.29) is 6.04 Å². The smallest absolute Gasteiger partial charge is 0.0592 e. The van der Waals surface area contributed by atoms with Crippen LogP contribution < -0.4 is 5.32 Å². The van der Waals surface area contributed by atoms with Crippen LogP contribution in [0.5, 0.6) is 0 Å². The van der Waals surface area contributed by atoms with Crippen molar-refractivity contribution in [2.75, 3.05) is 6.54 Å². The molecule has 0 aliphatic heterocycles. The van der Waals surface area contributed by atoms with Crippen molar-refractivity contribution in [2.24, 2.45) is 0 Å². The van der Waals surface area contributed by atoms with Crippen molar-refractivity contribution in [3.05, 3.63) is 68.7 Å². The van der Waals surface area contributed by atoms with Gasteiger partial charge < -0.3 is 5.32 Å². The third kappa shape index (κ3) is 3.11. The summed E-state index contributed by atoms with van der Waals surface area (Å²) in [6, 6.07) is 12.6. The summed E-state index contributed by atoms with van der Waals surface area (Å²) in [5.41, 5.74) is 5.28. The molecule has 3 rings (SSSR count). The predicted molar refractivity (Wildman–Crippen MR) is 90.4 cm³/mol. The summed E-state index contributed by atoms with van der Waals surface area (Å²) in [4.78, 5) is 0. The van der Waals surface area contributed by atoms with Crippen molar-refractivity contribution in [3.63, 3.8) is 0 Å². The van der Waals surface area contributed by atoms with Crippen LogP contribution in [0.15, 0.2) is 36.4 Å². The summed E-state index contributed by atoms with van der Waals surface area (Å²) < 4.78 is 0. The quantitative estimate of drug-likeness (QED) is 0.818. The standard InChI is InChI=1S/C18H19Cl2N/c1-2-21-18(16-11-15(19)8-9-17(16)20)14-7-6-12-4-3-5-13(12)10-14/h6-11,18,21H,2-5H2,1H3. The molecule has 1 N–H and O–H groups in total. The first kappa shape index (κ1) is 14.9. The fraction of sp³-hybridized carbons (Fsp3) is 0.333. The van der Waals surface area contributed by atoms with E-state index >= 15 is 0 Å². The van der Waals surface area contributed by atoms with E-state index in [0.717, 1.165) is 22.2 Å². The molecule has 110 valence electrons. The van der Waals surface area contributed by atoms with E-state index in [1.165, 1.54) is 36.0 Å². The first-order chi connectivity index (χ1) is 10.2. The van der Waals surface area contributed by atoms with Crippen LogP contribution in [0.3, 0.4) is 0 Å². The van der Waals surface area contributed by atoms with Crippen LogP contribution in [0, 0.1) is 0 Å². The van der Waals surface area contributed by atoms with Gasteiger partial charge in [-0.2, -0.15) is 0 Å². The molecule has 1 unspecified atom stereocenters. The van der Waals surface area contributed by atoms with E-state index in [1.807, 2.05) is 18.2 Å². The number of nitrogens with one attached hydrogen (secondary N) is 1. The molecule has 1 aliphatic carbocycles. The fourth-order valence-corrected chi connectivity index (χ4v) is 3.53. The van der Waals surface area contributed by atoms with Crippen molar-refractivity contribution in [2.45, 2.75) is 32.2 Å². The number of aryl methyl sites for hydroxylation is 2. The molecule has 0 fully saturated rings. The highest BCUT2D eigenvalue weighted by molar-refractivity contribution is 6.33. The second kappa shape index (κ2) is 6.39. The summed E-state index contributed by atoms with van der Waals surface area (Å²) >= 11 is 12.6. The summed E-state index contributed by atoms with van der Waals surface area (Å²) in [7, 11) is 0. The van der Waals surface area contributed by atoms with Gasteiger partial charge >= 0.3 is 0 Å². The first-order valence-electron chi connectivity index (χ1n) is 7.49. The van der Waals surface area contributed by atoms with Gasteiger partial charge in [0, 0.05) is 10.0 Å². The van der Waals surface area contributed by atoms with Crippen LogP contribution in [0.25, 0.3) is 0 Å². The number of fused-ring (bicyclic) bond motifs is 1. The Morgan fingerprint density at radius 2 is 1.86 bits per heavy atom. The lowest BCUT2D eigenvalue weighted by molar-refractivity contribution is 0.630. The maximum absolute atomic E-state index is 6.40. The predicted octanol–water partition coefficient (Wildman–Crippen LogP) is 5.18. The van der Waals surface area contributed by atoms with Crippen molar-refractivity contribution in [3.8, 4) is 0 Å². The van der Waals surface area contributed by atoms with Crippen molar-refractivity contribution < 1.29 is 0 Å². The largest absolute Gasteiger partial charge is 0.306 e. The summed E-state index contributed by atoms with van der Waals surface area (Å²) in [5.74, 6) is 0. The third-order valence-electron chi connectivity index (χ3n) is 4.13. The number of benzene rings is 2. The normalized spacial score (nSPS) is 15.0. The molecular weight excluding hydrogens is 301 g/mol. The molecule has 0 aromatic heterocycles. The summed E-state index contributed by atoms with van der Waals surface area (Å²) in [6.07, 6.45) is 3.66. The zero-order valence-electron chi connectivity index (χ0n) is 12.1. The average Bonchev–Trinajstić information content (AvgIpc) is 2.95. The van der Waals surface area contributed by atoms with E-state index in [1.54, 1.807) is 0 Å². The van der Waals surface area contributed by atoms with Crippen LogP contribution in [-0.4, -0.2) is 6.54 Å². The molecule has 1 aliphatic rings. The van der Waals surface area contributed by atoms with Crippen LogP contribution in [-0.2, 0) is 12.8 Å². The lowest BCUT2D eigenvalue weighted by atomic mass is 9.95. The van der Waals surface area contributed by atoms with E-state index in [4.69, 9.17) is 23.2 Å². The van der Waals surface area contributed by atoms with Gasteiger partial charge in [0.15, 0.2) is 0 Å². The van der Waals surface area contributed by atoms with E-state index in [9.17, 15) is 0 Å². The van der Waals surface area contributed by atoms with Crippen LogP contribution in [0.2, 0.25) is 10.0 Å². The van der Waals surface area contributed by atoms with Gasteiger partial charge in [0.1, 0.15) is 0 Å². The molecule has 21 heavy (non-hydrogen) atoms. The molecule has 0 saturated heterocycles. The highest BCUT2D eigenvalue weighted by Gasteiger charge is 2.19. The van der Waals surface area contributed by atoms with Gasteiger partial charge in [0.05, 0.1) is 6.04 Å². The second-order valence-electron chi connectivity index (χ2n) is 5.54. The van der Waals surface area contributed by atoms with Crippen LogP contribution in [0.1, 0.15) is 41.6 Å². The van der Waals surface area contributed by atoms with Gasteiger partial charge in [-0.05, 0) is 66.3 Å². The van der Waals surface area contributed by atoms with Gasteiger partial charge in [-0.25, -0.2) is 0 Å². The summed E-state index contributed by atoms with van der Waals surface area (Å²) in [6.45, 7) is 2.99. The molecule has 0 saturated carbocycles. The zero-order chi connectivity index (χ0) is 14.8. The van der Waals surface area contributed by atoms with Gasteiger partial charge in [-0.1, -0.05) is 48.3 Å². The minimum atomic E-state index is 0.0899. The molecule has 0 radical (unpaired) electrons. The average molecular weight is 320 g/mol. The van der Waals surface area contributed by atoms with E-state index in [2.05, 4.69) is 30.4 Å². The van der Waals surface area contributed by atoms with Gasteiger partial charge in [-0.3, -0.25) is 0 Å². The lowest BCUT2D eigenvalue weighted by Crippen LogP contribution is -2.22. The number of halogens is 2. The molecule has 0 amide bonds. The molecule has 1 atom stereocenters. The maximum Gasteiger partial charge on any atom is 0.0592 e. The Balaban J connectivity index is 2.03. The van der Waals surface area contributed by atoms with Gasteiger partial charge in [0.2, 0.25) is 0 Å². The zero-order valence-corrected chi connectivity index (χ0v) is 13.6. The molecule has 2 aromatic rings. The number of hydrogen-bond donors (Lipinski definition) is 1. The fourth-order valence-electron chi connectivity index (χ4n) is 3.12. The molecule has 0 bridgehead atoms. The Morgan fingerprint density at radius 1 is 1.05 bits per heavy atom. The Kier molecular flexibility index (Phi) is 4.54. The van der Waals surface area contributed by atoms with Crippen molar-refractivity contribution in [1.82, 2.24) is 5.32 Å². The monoisotopic (exact) mass is 319 g/mol. The van der Waals surface area contributed by atoms with Crippen LogP contribution in [0.4, 0.5) is 0 Å². The Bertz CT molecular complexity index is 652. The Morgan fingerprint density at radius 3 is 2.67 bits per heavy atom. The SMILES string of the molecule is CCNC(c1ccc2c(c1)CCC2)c1cc(Cl)ccc1Cl. The van der Waals surface area contributed by atoms with E-state index < -0.39 is 0 Å². The molecule has 0 heterocycles. The van der Waals surface area contributed by atoms with Crippen LogP contribution >= 0.6 is 23.2 Å². The third-order valence-corrected chi connectivity index (χ3v) is 4.71. The topological polar surface area (TPSA) is 12.0 Å². The van der Waals surface area contributed by atoms with E-state index in [0.29, 0.717) is 0 Å². The molecule has 2 aromatic carbocycles. The highest BCUT2D eigenvalue weighted by atomic mass is 35.5. The number of rotatable bonds is 4. The Labute approximate surface area is 136 Å². The molecular formula is C18H19Cl2N. The van der Waals surface area contributed by atoms with Crippen molar-refractivity contribution in [1.29, 1.82) is 0 Å². The maximum atomic E-state index is 6.40.